The van der Waals surface area contributed by atoms with Gasteiger partial charge in [-0.05, 0) is 31.8 Å². The Labute approximate surface area is 95.5 Å². The molecule has 3 nitrogen and oxygen atoms in total. The van der Waals surface area contributed by atoms with Crippen LogP contribution in [0.1, 0.15) is 12.5 Å². The summed E-state index contributed by atoms with van der Waals surface area (Å²) in [6, 6.07) is 6.17. The second kappa shape index (κ2) is 6.09. The highest BCUT2D eigenvalue weighted by atomic mass is 19.1. The quantitative estimate of drug-likeness (QED) is 0.827. The van der Waals surface area contributed by atoms with Crippen molar-refractivity contribution in [2.45, 2.75) is 6.92 Å². The number of hydrogen-bond donors (Lipinski definition) is 1. The van der Waals surface area contributed by atoms with Gasteiger partial charge in [-0.15, -0.1) is 0 Å². The van der Waals surface area contributed by atoms with E-state index in [0.717, 1.165) is 19.6 Å². The van der Waals surface area contributed by atoms with Crippen LogP contribution in [0.15, 0.2) is 18.2 Å². The van der Waals surface area contributed by atoms with E-state index in [4.69, 9.17) is 5.26 Å². The largest absolute Gasteiger partial charge is 0.383 e. The van der Waals surface area contributed by atoms with E-state index >= 15 is 0 Å². The summed E-state index contributed by atoms with van der Waals surface area (Å²) in [6.07, 6.45) is 0. The monoisotopic (exact) mass is 221 g/mol. The van der Waals surface area contributed by atoms with Crippen LogP contribution in [0.2, 0.25) is 0 Å². The average Bonchev–Trinajstić information content (AvgIpc) is 2.30. The van der Waals surface area contributed by atoms with Crippen molar-refractivity contribution in [1.29, 1.82) is 5.26 Å². The molecule has 0 fully saturated rings. The number of halogens is 1. The molecule has 4 heteroatoms. The molecule has 0 radical (unpaired) electrons. The van der Waals surface area contributed by atoms with Crippen molar-refractivity contribution < 1.29 is 4.39 Å². The van der Waals surface area contributed by atoms with Crippen LogP contribution in [0.3, 0.4) is 0 Å². The molecule has 0 amide bonds. The van der Waals surface area contributed by atoms with Crippen molar-refractivity contribution in [1.82, 2.24) is 4.90 Å². The molecule has 0 aliphatic rings. The van der Waals surface area contributed by atoms with Crippen molar-refractivity contribution in [2.24, 2.45) is 0 Å². The maximum atomic E-state index is 12.9. The Morgan fingerprint density at radius 3 is 2.88 bits per heavy atom. The summed E-state index contributed by atoms with van der Waals surface area (Å²) in [4.78, 5) is 2.16. The first-order valence-electron chi connectivity index (χ1n) is 5.29. The smallest absolute Gasteiger partial charge is 0.124 e. The molecule has 0 saturated heterocycles. The van der Waals surface area contributed by atoms with Gasteiger partial charge in [0.1, 0.15) is 11.9 Å². The van der Waals surface area contributed by atoms with Gasteiger partial charge in [-0.3, -0.25) is 0 Å². The highest BCUT2D eigenvalue weighted by molar-refractivity contribution is 5.57. The third-order valence-corrected chi connectivity index (χ3v) is 2.45. The van der Waals surface area contributed by atoms with Gasteiger partial charge in [0.15, 0.2) is 0 Å². The van der Waals surface area contributed by atoms with Crippen molar-refractivity contribution in [2.75, 3.05) is 32.0 Å². The molecule has 1 aromatic carbocycles. The standard InChI is InChI=1S/C12H16FN3/c1-3-16(2)7-6-15-12-5-4-11(13)8-10(12)9-14/h4-5,8,15H,3,6-7H2,1-2H3. The third-order valence-electron chi connectivity index (χ3n) is 2.45. The molecule has 0 bridgehead atoms. The summed E-state index contributed by atoms with van der Waals surface area (Å²) in [5.41, 5.74) is 1.03. The molecule has 0 heterocycles. The Kier molecular flexibility index (Phi) is 4.74. The number of anilines is 1. The number of rotatable bonds is 5. The summed E-state index contributed by atoms with van der Waals surface area (Å²) >= 11 is 0. The Hall–Kier alpha value is -1.60. The summed E-state index contributed by atoms with van der Waals surface area (Å²) < 4.78 is 12.9. The molecule has 16 heavy (non-hydrogen) atoms. The van der Waals surface area contributed by atoms with E-state index in [2.05, 4.69) is 17.1 Å². The first-order valence-corrected chi connectivity index (χ1v) is 5.29. The van der Waals surface area contributed by atoms with Crippen LogP contribution in [0, 0.1) is 17.1 Å². The average molecular weight is 221 g/mol. The number of nitrogens with one attached hydrogen (secondary N) is 1. The molecule has 0 spiro atoms. The fraction of sp³-hybridized carbons (Fsp3) is 0.417. The van der Waals surface area contributed by atoms with Gasteiger partial charge in [0.25, 0.3) is 0 Å². The molecular formula is C12H16FN3. The Bertz CT molecular complexity index is 384. The topological polar surface area (TPSA) is 39.1 Å². The molecule has 86 valence electrons. The highest BCUT2D eigenvalue weighted by Gasteiger charge is 2.03. The van der Waals surface area contributed by atoms with Crippen LogP contribution in [0.5, 0.6) is 0 Å². The second-order valence-electron chi connectivity index (χ2n) is 3.62. The lowest BCUT2D eigenvalue weighted by Gasteiger charge is -2.15. The molecule has 1 N–H and O–H groups in total. The van der Waals surface area contributed by atoms with E-state index in [1.165, 1.54) is 12.1 Å². The van der Waals surface area contributed by atoms with Gasteiger partial charge >= 0.3 is 0 Å². The van der Waals surface area contributed by atoms with Crippen LogP contribution < -0.4 is 5.32 Å². The van der Waals surface area contributed by atoms with Gasteiger partial charge in [-0.1, -0.05) is 6.92 Å². The fourth-order valence-electron chi connectivity index (χ4n) is 1.30. The maximum Gasteiger partial charge on any atom is 0.124 e. The van der Waals surface area contributed by atoms with E-state index in [-0.39, 0.29) is 5.82 Å². The molecule has 1 aromatic rings. The van der Waals surface area contributed by atoms with E-state index in [9.17, 15) is 4.39 Å². The zero-order valence-electron chi connectivity index (χ0n) is 9.63. The molecule has 0 aliphatic heterocycles. The minimum absolute atomic E-state index is 0.346. The normalized spacial score (nSPS) is 10.2. The molecular weight excluding hydrogens is 205 g/mol. The van der Waals surface area contributed by atoms with Crippen LogP contribution in [-0.4, -0.2) is 31.6 Å². The highest BCUT2D eigenvalue weighted by Crippen LogP contribution is 2.15. The fourth-order valence-corrected chi connectivity index (χ4v) is 1.30. The number of nitriles is 1. The predicted octanol–water partition coefficient (Wildman–Crippen LogP) is 2.06. The number of benzene rings is 1. The van der Waals surface area contributed by atoms with Gasteiger partial charge in [0.2, 0.25) is 0 Å². The minimum atomic E-state index is -0.382. The maximum absolute atomic E-state index is 12.9. The van der Waals surface area contributed by atoms with Crippen LogP contribution in [0.4, 0.5) is 10.1 Å². The van der Waals surface area contributed by atoms with Crippen molar-refractivity contribution in [3.8, 4) is 6.07 Å². The lowest BCUT2D eigenvalue weighted by Crippen LogP contribution is -2.24. The molecule has 0 saturated carbocycles. The number of nitrogens with zero attached hydrogens (tertiary/aromatic N) is 2. The van der Waals surface area contributed by atoms with E-state index < -0.39 is 0 Å². The number of likely N-dealkylation sites (N-methyl/N-ethyl adjacent to an activating group) is 1. The second-order valence-corrected chi connectivity index (χ2v) is 3.62. The zero-order valence-corrected chi connectivity index (χ0v) is 9.63. The number of hydrogen-bond acceptors (Lipinski definition) is 3. The summed E-state index contributed by atoms with van der Waals surface area (Å²) in [5.74, 6) is -0.382. The van der Waals surface area contributed by atoms with Crippen molar-refractivity contribution in [3.05, 3.63) is 29.6 Å². The van der Waals surface area contributed by atoms with Crippen LogP contribution in [-0.2, 0) is 0 Å². The van der Waals surface area contributed by atoms with Gasteiger partial charge in [-0.25, -0.2) is 4.39 Å². The van der Waals surface area contributed by atoms with Gasteiger partial charge in [0, 0.05) is 13.1 Å². The Morgan fingerprint density at radius 1 is 1.50 bits per heavy atom. The van der Waals surface area contributed by atoms with E-state index in [1.807, 2.05) is 13.1 Å². The van der Waals surface area contributed by atoms with E-state index in [0.29, 0.717) is 11.3 Å². The lowest BCUT2D eigenvalue weighted by atomic mass is 10.2. The van der Waals surface area contributed by atoms with Crippen molar-refractivity contribution >= 4 is 5.69 Å². The third kappa shape index (κ3) is 3.52. The Balaban J connectivity index is 2.57. The van der Waals surface area contributed by atoms with E-state index in [1.54, 1.807) is 6.07 Å². The molecule has 0 aliphatic carbocycles. The van der Waals surface area contributed by atoms with Gasteiger partial charge in [0.05, 0.1) is 11.3 Å². The molecule has 0 aromatic heterocycles. The van der Waals surface area contributed by atoms with Crippen LogP contribution >= 0.6 is 0 Å². The molecule has 1 rings (SSSR count). The van der Waals surface area contributed by atoms with Crippen LogP contribution in [0.25, 0.3) is 0 Å². The first kappa shape index (κ1) is 12.5. The predicted molar refractivity (Wildman–Crippen MR) is 62.8 cm³/mol. The minimum Gasteiger partial charge on any atom is -0.383 e. The summed E-state index contributed by atoms with van der Waals surface area (Å²) in [7, 11) is 2.03. The summed E-state index contributed by atoms with van der Waals surface area (Å²) in [6.45, 7) is 4.69. The lowest BCUT2D eigenvalue weighted by molar-refractivity contribution is 0.367. The SMILES string of the molecule is CCN(C)CCNc1ccc(F)cc1C#N. The molecule has 0 atom stereocenters. The molecule has 0 unspecified atom stereocenters. The summed E-state index contributed by atoms with van der Waals surface area (Å²) in [5, 5.41) is 12.0. The van der Waals surface area contributed by atoms with Crippen molar-refractivity contribution in [3.63, 3.8) is 0 Å². The zero-order chi connectivity index (χ0) is 12.0. The van der Waals surface area contributed by atoms with Gasteiger partial charge in [-0.2, -0.15) is 5.26 Å². The van der Waals surface area contributed by atoms with Gasteiger partial charge < -0.3 is 10.2 Å². The Morgan fingerprint density at radius 2 is 2.25 bits per heavy atom. The first-order chi connectivity index (χ1) is 7.67.